The Balaban J connectivity index is 1.98. The van der Waals surface area contributed by atoms with Gasteiger partial charge in [-0.1, -0.05) is 39.0 Å². The Morgan fingerprint density at radius 1 is 1.35 bits per heavy atom. The maximum atomic E-state index is 6.11. The van der Waals surface area contributed by atoms with Gasteiger partial charge in [0, 0.05) is 18.6 Å². The van der Waals surface area contributed by atoms with Crippen LogP contribution in [0.15, 0.2) is 24.3 Å². The summed E-state index contributed by atoms with van der Waals surface area (Å²) in [5.74, 6) is 2.07. The van der Waals surface area contributed by atoms with Crippen LogP contribution < -0.4 is 10.1 Å². The monoisotopic (exact) mass is 277 g/mol. The molecule has 1 aliphatic rings. The van der Waals surface area contributed by atoms with Crippen LogP contribution in [0.4, 0.5) is 0 Å². The maximum absolute atomic E-state index is 6.11. The van der Waals surface area contributed by atoms with Gasteiger partial charge in [-0.15, -0.1) is 0 Å². The van der Waals surface area contributed by atoms with Gasteiger partial charge < -0.3 is 14.8 Å². The first kappa shape index (κ1) is 15.3. The fourth-order valence-electron chi connectivity index (χ4n) is 2.76. The van der Waals surface area contributed by atoms with Gasteiger partial charge in [-0.25, -0.2) is 0 Å². The molecule has 0 spiro atoms. The van der Waals surface area contributed by atoms with Crippen LogP contribution in [-0.4, -0.2) is 32.4 Å². The summed E-state index contributed by atoms with van der Waals surface area (Å²) in [6.45, 7) is 9.97. The largest absolute Gasteiger partial charge is 0.492 e. The Bertz CT molecular complexity index is 400. The lowest BCUT2D eigenvalue weighted by Gasteiger charge is -2.24. The van der Waals surface area contributed by atoms with Crippen molar-refractivity contribution in [3.05, 3.63) is 29.8 Å². The van der Waals surface area contributed by atoms with E-state index in [-0.39, 0.29) is 0 Å². The lowest BCUT2D eigenvalue weighted by molar-refractivity contribution is 0.160. The van der Waals surface area contributed by atoms with E-state index >= 15 is 0 Å². The van der Waals surface area contributed by atoms with E-state index in [0.29, 0.717) is 24.5 Å². The molecular weight excluding hydrogens is 250 g/mol. The zero-order valence-corrected chi connectivity index (χ0v) is 12.9. The quantitative estimate of drug-likeness (QED) is 0.830. The molecule has 1 heterocycles. The predicted octanol–water partition coefficient (Wildman–Crippen LogP) is 3.20. The number of hydrogen-bond donors (Lipinski definition) is 1. The second-order valence-electron chi connectivity index (χ2n) is 5.79. The van der Waals surface area contributed by atoms with Crippen molar-refractivity contribution in [3.8, 4) is 5.75 Å². The van der Waals surface area contributed by atoms with Crippen LogP contribution in [0.1, 0.15) is 38.7 Å². The highest BCUT2D eigenvalue weighted by Crippen LogP contribution is 2.26. The Kier molecular flexibility index (Phi) is 5.86. The summed E-state index contributed by atoms with van der Waals surface area (Å²) in [5.41, 5.74) is 1.28. The number of rotatable bonds is 7. The van der Waals surface area contributed by atoms with E-state index in [4.69, 9.17) is 9.47 Å². The van der Waals surface area contributed by atoms with E-state index in [1.54, 1.807) is 0 Å². The third-order valence-corrected chi connectivity index (χ3v) is 3.96. The Hall–Kier alpha value is -1.06. The Morgan fingerprint density at radius 3 is 2.80 bits per heavy atom. The van der Waals surface area contributed by atoms with Crippen molar-refractivity contribution in [2.24, 2.45) is 5.92 Å². The van der Waals surface area contributed by atoms with Crippen LogP contribution in [0.3, 0.4) is 0 Å². The van der Waals surface area contributed by atoms with Gasteiger partial charge in [0.15, 0.2) is 0 Å². The van der Waals surface area contributed by atoms with Crippen LogP contribution in [0.2, 0.25) is 0 Å². The van der Waals surface area contributed by atoms with Gasteiger partial charge >= 0.3 is 0 Å². The maximum Gasteiger partial charge on any atom is 0.122 e. The minimum Gasteiger partial charge on any atom is -0.492 e. The zero-order chi connectivity index (χ0) is 14.4. The third kappa shape index (κ3) is 3.97. The van der Waals surface area contributed by atoms with Crippen molar-refractivity contribution in [3.63, 3.8) is 0 Å². The van der Waals surface area contributed by atoms with Gasteiger partial charge in [-0.2, -0.15) is 0 Å². The van der Waals surface area contributed by atoms with E-state index in [2.05, 4.69) is 44.3 Å². The van der Waals surface area contributed by atoms with E-state index in [1.807, 2.05) is 6.07 Å². The molecule has 2 unspecified atom stereocenters. The summed E-state index contributed by atoms with van der Waals surface area (Å²) >= 11 is 0. The van der Waals surface area contributed by atoms with Crippen molar-refractivity contribution < 1.29 is 9.47 Å². The molecule has 1 saturated heterocycles. The summed E-state index contributed by atoms with van der Waals surface area (Å²) in [5, 5.41) is 3.54. The highest BCUT2D eigenvalue weighted by molar-refractivity contribution is 5.35. The molecular formula is C17H27NO2. The topological polar surface area (TPSA) is 30.5 Å². The van der Waals surface area contributed by atoms with E-state index < -0.39 is 0 Å². The summed E-state index contributed by atoms with van der Waals surface area (Å²) in [6, 6.07) is 8.73. The van der Waals surface area contributed by atoms with E-state index in [1.165, 1.54) is 5.56 Å². The summed E-state index contributed by atoms with van der Waals surface area (Å²) in [4.78, 5) is 0. The molecule has 1 aromatic carbocycles. The molecule has 20 heavy (non-hydrogen) atoms. The van der Waals surface area contributed by atoms with E-state index in [0.717, 1.165) is 31.9 Å². The van der Waals surface area contributed by atoms with Crippen LogP contribution in [-0.2, 0) is 4.74 Å². The smallest absolute Gasteiger partial charge is 0.122 e. The van der Waals surface area contributed by atoms with Crippen LogP contribution in [0.5, 0.6) is 5.75 Å². The molecule has 112 valence electrons. The first-order valence-electron chi connectivity index (χ1n) is 7.75. The van der Waals surface area contributed by atoms with Gasteiger partial charge in [0.25, 0.3) is 0 Å². The first-order valence-corrected chi connectivity index (χ1v) is 7.75. The van der Waals surface area contributed by atoms with Crippen LogP contribution >= 0.6 is 0 Å². The molecule has 0 saturated carbocycles. The van der Waals surface area contributed by atoms with E-state index in [9.17, 15) is 0 Å². The summed E-state index contributed by atoms with van der Waals surface area (Å²) in [7, 11) is 0. The molecule has 3 nitrogen and oxygen atoms in total. The lowest BCUT2D eigenvalue weighted by atomic mass is 9.99. The third-order valence-electron chi connectivity index (χ3n) is 3.96. The fourth-order valence-corrected chi connectivity index (χ4v) is 2.76. The molecule has 1 aliphatic heterocycles. The molecule has 0 aliphatic carbocycles. The summed E-state index contributed by atoms with van der Waals surface area (Å²) in [6.07, 6.45) is 1.13. The second kappa shape index (κ2) is 7.65. The molecule has 0 aromatic heterocycles. The average molecular weight is 277 g/mol. The summed E-state index contributed by atoms with van der Waals surface area (Å²) < 4.78 is 11.6. The molecule has 0 amide bonds. The Labute approximate surface area is 122 Å². The molecule has 0 bridgehead atoms. The number of benzene rings is 1. The standard InChI is InChI=1S/C17H27NO2/c1-4-18-16(14-9-10-19-11-14)12-20-17-8-6-5-7-15(17)13(2)3/h5-8,13-14,16,18H,4,9-12H2,1-3H3. The molecule has 2 rings (SSSR count). The minimum absolute atomic E-state index is 0.378. The number of likely N-dealkylation sites (N-methyl/N-ethyl adjacent to an activating group) is 1. The highest BCUT2D eigenvalue weighted by Gasteiger charge is 2.25. The lowest BCUT2D eigenvalue weighted by Crippen LogP contribution is -2.41. The molecule has 1 fully saturated rings. The first-order chi connectivity index (χ1) is 9.72. The van der Waals surface area contributed by atoms with Crippen molar-refractivity contribution in [2.45, 2.75) is 39.2 Å². The molecule has 1 N–H and O–H groups in total. The number of para-hydroxylation sites is 1. The minimum atomic E-state index is 0.378. The van der Waals surface area contributed by atoms with Crippen molar-refractivity contribution in [1.29, 1.82) is 0 Å². The van der Waals surface area contributed by atoms with Crippen molar-refractivity contribution in [1.82, 2.24) is 5.32 Å². The molecule has 0 radical (unpaired) electrons. The van der Waals surface area contributed by atoms with Crippen LogP contribution in [0.25, 0.3) is 0 Å². The Morgan fingerprint density at radius 2 is 2.15 bits per heavy atom. The molecule has 3 heteroatoms. The number of ether oxygens (including phenoxy) is 2. The highest BCUT2D eigenvalue weighted by atomic mass is 16.5. The van der Waals surface area contributed by atoms with Gasteiger partial charge in [0.2, 0.25) is 0 Å². The normalized spacial score (nSPS) is 20.3. The van der Waals surface area contributed by atoms with Crippen molar-refractivity contribution >= 4 is 0 Å². The van der Waals surface area contributed by atoms with Gasteiger partial charge in [-0.3, -0.25) is 0 Å². The number of nitrogens with one attached hydrogen (secondary N) is 1. The second-order valence-corrected chi connectivity index (χ2v) is 5.79. The van der Waals surface area contributed by atoms with Gasteiger partial charge in [0.1, 0.15) is 12.4 Å². The predicted molar refractivity (Wildman–Crippen MR) is 82.4 cm³/mol. The fraction of sp³-hybridized carbons (Fsp3) is 0.647. The van der Waals surface area contributed by atoms with Gasteiger partial charge in [-0.05, 0) is 30.5 Å². The zero-order valence-electron chi connectivity index (χ0n) is 12.9. The number of hydrogen-bond acceptors (Lipinski definition) is 3. The van der Waals surface area contributed by atoms with Gasteiger partial charge in [0.05, 0.1) is 6.61 Å². The van der Waals surface area contributed by atoms with Crippen LogP contribution in [0, 0.1) is 5.92 Å². The average Bonchev–Trinajstić information content (AvgIpc) is 2.97. The molecule has 1 aromatic rings. The SMILES string of the molecule is CCNC(COc1ccccc1C(C)C)C1CCOC1. The van der Waals surface area contributed by atoms with Crippen molar-refractivity contribution in [2.75, 3.05) is 26.4 Å². The molecule has 2 atom stereocenters.